The summed E-state index contributed by atoms with van der Waals surface area (Å²) in [6, 6.07) is 2.73. The van der Waals surface area contributed by atoms with Gasteiger partial charge in [0, 0.05) is 6.42 Å². The largest absolute Gasteiger partial charge is 0.462 e. The third kappa shape index (κ3) is 4.52. The van der Waals surface area contributed by atoms with Gasteiger partial charge in [-0.25, -0.2) is 4.79 Å². The van der Waals surface area contributed by atoms with Crippen LogP contribution < -0.4 is 0 Å². The summed E-state index contributed by atoms with van der Waals surface area (Å²) in [6.45, 7) is 1.59. The summed E-state index contributed by atoms with van der Waals surface area (Å²) in [4.78, 5) is 22.8. The molecule has 0 unspecified atom stereocenters. The minimum Gasteiger partial charge on any atom is -0.462 e. The standard InChI is InChI=1S/C13H12ClF3O3/c1-2-20-12(19)9-3-8(5-11(18)7-14)4-10(6-9)13(15,16)17/h3-4,6H,2,5,7H2,1H3. The van der Waals surface area contributed by atoms with Gasteiger partial charge in [0.05, 0.1) is 23.6 Å². The van der Waals surface area contributed by atoms with E-state index in [0.29, 0.717) is 6.07 Å². The lowest BCUT2D eigenvalue weighted by Crippen LogP contribution is -2.12. The molecule has 1 aromatic rings. The molecule has 0 heterocycles. The van der Waals surface area contributed by atoms with Crippen molar-refractivity contribution >= 4 is 23.4 Å². The lowest BCUT2D eigenvalue weighted by Gasteiger charge is -2.11. The zero-order valence-electron chi connectivity index (χ0n) is 10.6. The number of ether oxygens (including phenoxy) is 1. The van der Waals surface area contributed by atoms with E-state index in [1.54, 1.807) is 6.92 Å². The van der Waals surface area contributed by atoms with E-state index >= 15 is 0 Å². The van der Waals surface area contributed by atoms with Gasteiger partial charge in [-0.1, -0.05) is 0 Å². The Bertz CT molecular complexity index is 512. The van der Waals surface area contributed by atoms with Crippen molar-refractivity contribution in [1.82, 2.24) is 0 Å². The molecule has 3 nitrogen and oxygen atoms in total. The molecule has 0 aliphatic heterocycles. The van der Waals surface area contributed by atoms with Crippen molar-refractivity contribution in [3.05, 3.63) is 34.9 Å². The van der Waals surface area contributed by atoms with E-state index in [0.717, 1.165) is 6.07 Å². The molecule has 0 aliphatic rings. The van der Waals surface area contributed by atoms with E-state index in [4.69, 9.17) is 11.6 Å². The minimum absolute atomic E-state index is 0.0466. The van der Waals surface area contributed by atoms with Gasteiger partial charge in [0.25, 0.3) is 0 Å². The van der Waals surface area contributed by atoms with Crippen LogP contribution in [0.3, 0.4) is 0 Å². The third-order valence-corrected chi connectivity index (χ3v) is 2.68. The lowest BCUT2D eigenvalue weighted by molar-refractivity contribution is -0.137. The van der Waals surface area contributed by atoms with E-state index in [-0.39, 0.29) is 30.0 Å². The Morgan fingerprint density at radius 3 is 2.40 bits per heavy atom. The molecule has 0 aromatic heterocycles. The van der Waals surface area contributed by atoms with E-state index in [9.17, 15) is 22.8 Å². The Hall–Kier alpha value is -1.56. The molecule has 0 aliphatic carbocycles. The van der Waals surface area contributed by atoms with Crippen LogP contribution in [0, 0.1) is 0 Å². The van der Waals surface area contributed by atoms with Crippen molar-refractivity contribution in [3.63, 3.8) is 0 Å². The fourth-order valence-corrected chi connectivity index (χ4v) is 1.66. The fraction of sp³-hybridized carbons (Fsp3) is 0.385. The Morgan fingerprint density at radius 1 is 1.25 bits per heavy atom. The van der Waals surface area contributed by atoms with Gasteiger partial charge >= 0.3 is 12.1 Å². The van der Waals surface area contributed by atoms with E-state index in [1.807, 2.05) is 0 Å². The first-order valence-corrected chi connectivity index (χ1v) is 6.27. The number of halogens is 4. The van der Waals surface area contributed by atoms with Crippen LogP contribution in [0.4, 0.5) is 13.2 Å². The average Bonchev–Trinajstić information content (AvgIpc) is 2.37. The van der Waals surface area contributed by atoms with Crippen molar-refractivity contribution in [2.24, 2.45) is 0 Å². The lowest BCUT2D eigenvalue weighted by atomic mass is 10.0. The molecule has 0 atom stereocenters. The van der Waals surface area contributed by atoms with Gasteiger partial charge in [-0.15, -0.1) is 11.6 Å². The summed E-state index contributed by atoms with van der Waals surface area (Å²) < 4.78 is 42.9. The fourth-order valence-electron chi connectivity index (χ4n) is 1.56. The molecule has 20 heavy (non-hydrogen) atoms. The molecule has 7 heteroatoms. The number of carbonyl (C=O) groups is 2. The van der Waals surface area contributed by atoms with Gasteiger partial charge in [0.1, 0.15) is 0 Å². The van der Waals surface area contributed by atoms with Gasteiger partial charge in [-0.3, -0.25) is 4.79 Å². The number of hydrogen-bond donors (Lipinski definition) is 0. The van der Waals surface area contributed by atoms with E-state index in [1.165, 1.54) is 6.07 Å². The first-order valence-electron chi connectivity index (χ1n) is 5.74. The summed E-state index contributed by atoms with van der Waals surface area (Å²) in [7, 11) is 0. The molecular formula is C13H12ClF3O3. The molecular weight excluding hydrogens is 297 g/mol. The molecule has 110 valence electrons. The second-order valence-electron chi connectivity index (χ2n) is 3.99. The molecule has 0 saturated carbocycles. The van der Waals surface area contributed by atoms with Gasteiger partial charge in [-0.05, 0) is 30.7 Å². The highest BCUT2D eigenvalue weighted by Gasteiger charge is 2.32. The molecule has 1 aromatic carbocycles. The molecule has 0 radical (unpaired) electrons. The van der Waals surface area contributed by atoms with E-state index in [2.05, 4.69) is 4.74 Å². The normalized spacial score (nSPS) is 11.2. The smallest absolute Gasteiger partial charge is 0.416 e. The van der Waals surface area contributed by atoms with Crippen molar-refractivity contribution in [2.45, 2.75) is 19.5 Å². The monoisotopic (exact) mass is 308 g/mol. The molecule has 0 amide bonds. The molecule has 0 fully saturated rings. The number of Topliss-reactive ketones (excluding diaryl/α,β-unsaturated/α-hetero) is 1. The summed E-state index contributed by atoms with van der Waals surface area (Å²) in [6.07, 6.45) is -4.87. The van der Waals surface area contributed by atoms with Crippen LogP contribution in [0.1, 0.15) is 28.4 Å². The van der Waals surface area contributed by atoms with Gasteiger partial charge in [0.2, 0.25) is 0 Å². The summed E-state index contributed by atoms with van der Waals surface area (Å²) in [5, 5.41) is 0. The minimum atomic E-state index is -4.61. The quantitative estimate of drug-likeness (QED) is 0.619. The Balaban J connectivity index is 3.21. The predicted molar refractivity (Wildman–Crippen MR) is 66.8 cm³/mol. The molecule has 1 rings (SSSR count). The zero-order chi connectivity index (χ0) is 15.3. The molecule has 0 saturated heterocycles. The first kappa shape index (κ1) is 16.5. The highest BCUT2D eigenvalue weighted by molar-refractivity contribution is 6.27. The van der Waals surface area contributed by atoms with Crippen LogP contribution in [-0.4, -0.2) is 24.2 Å². The van der Waals surface area contributed by atoms with E-state index < -0.39 is 23.5 Å². The summed E-state index contributed by atoms with van der Waals surface area (Å²) in [5.41, 5.74) is -1.16. The Kier molecular flexibility index (Phi) is 5.56. The number of alkyl halides is 4. The molecule has 0 spiro atoms. The maximum Gasteiger partial charge on any atom is 0.416 e. The van der Waals surface area contributed by atoms with Crippen LogP contribution in [0.5, 0.6) is 0 Å². The Labute approximate surface area is 118 Å². The predicted octanol–water partition coefficient (Wildman–Crippen LogP) is 3.23. The maximum absolute atomic E-state index is 12.8. The van der Waals surface area contributed by atoms with Crippen LogP contribution in [-0.2, 0) is 22.1 Å². The molecule has 0 N–H and O–H groups in total. The van der Waals surface area contributed by atoms with Gasteiger partial charge < -0.3 is 4.74 Å². The number of ketones is 1. The van der Waals surface area contributed by atoms with Gasteiger partial charge in [0.15, 0.2) is 5.78 Å². The van der Waals surface area contributed by atoms with Crippen molar-refractivity contribution in [3.8, 4) is 0 Å². The van der Waals surface area contributed by atoms with Crippen LogP contribution in [0.2, 0.25) is 0 Å². The second-order valence-corrected chi connectivity index (χ2v) is 4.25. The van der Waals surface area contributed by atoms with Crippen molar-refractivity contribution in [2.75, 3.05) is 12.5 Å². The highest BCUT2D eigenvalue weighted by atomic mass is 35.5. The van der Waals surface area contributed by atoms with Crippen LogP contribution in [0.15, 0.2) is 18.2 Å². The summed E-state index contributed by atoms with van der Waals surface area (Å²) >= 11 is 5.32. The number of benzene rings is 1. The first-order chi connectivity index (χ1) is 9.27. The zero-order valence-corrected chi connectivity index (χ0v) is 11.3. The molecule has 0 bridgehead atoms. The topological polar surface area (TPSA) is 43.4 Å². The number of carbonyl (C=O) groups excluding carboxylic acids is 2. The maximum atomic E-state index is 12.8. The van der Waals surface area contributed by atoms with Crippen LogP contribution >= 0.6 is 11.6 Å². The highest BCUT2D eigenvalue weighted by Crippen LogP contribution is 2.31. The Morgan fingerprint density at radius 2 is 1.90 bits per heavy atom. The summed E-state index contributed by atoms with van der Waals surface area (Å²) in [5.74, 6) is -1.59. The van der Waals surface area contributed by atoms with Gasteiger partial charge in [-0.2, -0.15) is 13.2 Å². The average molecular weight is 309 g/mol. The number of rotatable bonds is 5. The van der Waals surface area contributed by atoms with Crippen molar-refractivity contribution in [1.29, 1.82) is 0 Å². The van der Waals surface area contributed by atoms with Crippen LogP contribution in [0.25, 0.3) is 0 Å². The number of hydrogen-bond acceptors (Lipinski definition) is 3. The SMILES string of the molecule is CCOC(=O)c1cc(CC(=O)CCl)cc(C(F)(F)F)c1. The third-order valence-electron chi connectivity index (χ3n) is 2.38. The second kappa shape index (κ2) is 6.74. The number of esters is 1. The van der Waals surface area contributed by atoms with Crippen molar-refractivity contribution < 1.29 is 27.5 Å².